The van der Waals surface area contributed by atoms with E-state index in [1.54, 1.807) is 20.8 Å². The van der Waals surface area contributed by atoms with E-state index in [2.05, 4.69) is 10.6 Å². The molecule has 2 N–H and O–H groups in total. The van der Waals surface area contributed by atoms with E-state index in [1.807, 2.05) is 13.8 Å². The van der Waals surface area contributed by atoms with Gasteiger partial charge < -0.3 is 15.4 Å². The molecule has 0 saturated carbocycles. The Labute approximate surface area is 136 Å². The van der Waals surface area contributed by atoms with Crippen molar-refractivity contribution in [3.05, 3.63) is 29.8 Å². The Hall–Kier alpha value is -1.85. The topological polar surface area (TPSA) is 50.4 Å². The van der Waals surface area contributed by atoms with Crippen LogP contribution in [0.5, 0.6) is 0 Å². The second-order valence-electron chi connectivity index (χ2n) is 6.87. The number of nitrogens with one attached hydrogen (secondary N) is 2. The first kappa shape index (κ1) is 19.2. The molecule has 0 heterocycles. The minimum absolute atomic E-state index is 0.0465. The van der Waals surface area contributed by atoms with Crippen LogP contribution < -0.4 is 10.6 Å². The molecule has 1 aromatic rings. The summed E-state index contributed by atoms with van der Waals surface area (Å²) in [5.41, 5.74) is -0.437. The maximum Gasteiger partial charge on any atom is 0.407 e. The van der Waals surface area contributed by atoms with Gasteiger partial charge in [0, 0.05) is 13.1 Å². The van der Waals surface area contributed by atoms with Gasteiger partial charge >= 0.3 is 6.09 Å². The van der Waals surface area contributed by atoms with Gasteiger partial charge in [0.05, 0.1) is 5.69 Å². The fraction of sp³-hybridized carbons (Fsp3) is 0.588. The van der Waals surface area contributed by atoms with Crippen LogP contribution in [0.3, 0.4) is 0 Å². The van der Waals surface area contributed by atoms with Gasteiger partial charge in [-0.05, 0) is 44.7 Å². The third-order valence-corrected chi connectivity index (χ3v) is 3.36. The molecule has 23 heavy (non-hydrogen) atoms. The molecule has 0 aliphatic carbocycles. The van der Waals surface area contributed by atoms with E-state index < -0.39 is 23.3 Å². The Balaban J connectivity index is 2.56. The third-order valence-electron chi connectivity index (χ3n) is 3.36. The number of rotatable bonds is 6. The summed E-state index contributed by atoms with van der Waals surface area (Å²) in [7, 11) is 0. The molecule has 0 bridgehead atoms. The first-order valence-electron chi connectivity index (χ1n) is 7.75. The summed E-state index contributed by atoms with van der Waals surface area (Å²) in [6, 6.07) is 4.01. The first-order chi connectivity index (χ1) is 10.6. The number of hydrogen-bond acceptors (Lipinski definition) is 3. The second kappa shape index (κ2) is 8.13. The van der Waals surface area contributed by atoms with Crippen molar-refractivity contribution in [1.29, 1.82) is 0 Å². The minimum Gasteiger partial charge on any atom is -0.444 e. The lowest BCUT2D eigenvalue weighted by atomic mass is 9.95. The van der Waals surface area contributed by atoms with Gasteiger partial charge in [0.1, 0.15) is 5.60 Å². The lowest BCUT2D eigenvalue weighted by molar-refractivity contribution is 0.0516. The van der Waals surface area contributed by atoms with E-state index >= 15 is 0 Å². The van der Waals surface area contributed by atoms with Gasteiger partial charge in [-0.15, -0.1) is 0 Å². The van der Waals surface area contributed by atoms with Crippen LogP contribution in [0.2, 0.25) is 0 Å². The van der Waals surface area contributed by atoms with Crippen LogP contribution in [-0.2, 0) is 4.74 Å². The van der Waals surface area contributed by atoms with Gasteiger partial charge in [-0.25, -0.2) is 13.6 Å². The van der Waals surface area contributed by atoms with Crippen molar-refractivity contribution in [2.45, 2.75) is 40.2 Å². The number of carbonyl (C=O) groups excluding carboxylic acids is 1. The average Bonchev–Trinajstić information content (AvgIpc) is 2.40. The highest BCUT2D eigenvalue weighted by atomic mass is 19.2. The minimum atomic E-state index is -0.893. The molecule has 6 heteroatoms. The molecule has 4 nitrogen and oxygen atoms in total. The molecule has 0 radical (unpaired) electrons. The molecule has 1 rings (SSSR count). The molecule has 1 unspecified atom stereocenters. The van der Waals surface area contributed by atoms with Crippen LogP contribution in [0, 0.1) is 23.5 Å². The highest BCUT2D eigenvalue weighted by Gasteiger charge is 2.19. The largest absolute Gasteiger partial charge is 0.444 e. The highest BCUT2D eigenvalue weighted by molar-refractivity contribution is 5.67. The van der Waals surface area contributed by atoms with E-state index in [0.717, 1.165) is 6.07 Å². The summed E-state index contributed by atoms with van der Waals surface area (Å²) < 4.78 is 32.0. The SMILES string of the molecule is CC(C)C(CNC(=O)OC(C)(C)C)CNc1cccc(F)c1F. The van der Waals surface area contributed by atoms with Crippen LogP contribution in [0.4, 0.5) is 19.3 Å². The molecular formula is C17H26F2N2O2. The highest BCUT2D eigenvalue weighted by Crippen LogP contribution is 2.18. The Morgan fingerprint density at radius 3 is 2.43 bits per heavy atom. The van der Waals surface area contributed by atoms with E-state index in [0.29, 0.717) is 13.1 Å². The molecule has 0 aromatic heterocycles. The van der Waals surface area contributed by atoms with Crippen molar-refractivity contribution in [1.82, 2.24) is 5.32 Å². The summed E-state index contributed by atoms with van der Waals surface area (Å²) in [5.74, 6) is -1.49. The standard InChI is InChI=1S/C17H26F2N2O2/c1-11(2)12(10-21-16(22)23-17(3,4)5)9-20-14-8-6-7-13(18)15(14)19/h6-8,11-12,20H,9-10H2,1-5H3,(H,21,22). The predicted octanol–water partition coefficient (Wildman–Crippen LogP) is 4.17. The second-order valence-corrected chi connectivity index (χ2v) is 6.87. The number of anilines is 1. The zero-order valence-corrected chi connectivity index (χ0v) is 14.4. The summed E-state index contributed by atoms with van der Waals surface area (Å²) in [5, 5.41) is 5.61. The number of hydrogen-bond donors (Lipinski definition) is 2. The van der Waals surface area contributed by atoms with E-state index in [4.69, 9.17) is 4.74 Å². The molecule has 0 fully saturated rings. The molecule has 1 amide bonds. The van der Waals surface area contributed by atoms with E-state index in [-0.39, 0.29) is 17.5 Å². The Morgan fingerprint density at radius 1 is 1.22 bits per heavy atom. The van der Waals surface area contributed by atoms with Gasteiger partial charge in [-0.1, -0.05) is 19.9 Å². The Bertz CT molecular complexity index is 528. The maximum atomic E-state index is 13.6. The van der Waals surface area contributed by atoms with Crippen LogP contribution in [0.1, 0.15) is 34.6 Å². The third kappa shape index (κ3) is 6.84. The zero-order chi connectivity index (χ0) is 17.6. The van der Waals surface area contributed by atoms with Crippen LogP contribution in [0.25, 0.3) is 0 Å². The normalized spacial score (nSPS) is 12.9. The van der Waals surface area contributed by atoms with Gasteiger partial charge in [-0.3, -0.25) is 0 Å². The zero-order valence-electron chi connectivity index (χ0n) is 14.4. The Kier molecular flexibility index (Phi) is 6.79. The fourth-order valence-corrected chi connectivity index (χ4v) is 1.95. The lowest BCUT2D eigenvalue weighted by Crippen LogP contribution is -2.38. The molecule has 0 saturated heterocycles. The average molecular weight is 328 g/mol. The van der Waals surface area contributed by atoms with Crippen molar-refractivity contribution >= 4 is 11.8 Å². The molecule has 0 aliphatic heterocycles. The van der Waals surface area contributed by atoms with E-state index in [1.165, 1.54) is 12.1 Å². The summed E-state index contributed by atoms with van der Waals surface area (Å²) in [4.78, 5) is 11.7. The molecule has 130 valence electrons. The quantitative estimate of drug-likeness (QED) is 0.824. The van der Waals surface area contributed by atoms with Crippen molar-refractivity contribution in [3.63, 3.8) is 0 Å². The summed E-state index contributed by atoms with van der Waals surface area (Å²) in [6.07, 6.45) is -0.486. The molecule has 1 atom stereocenters. The summed E-state index contributed by atoms with van der Waals surface area (Å²) >= 11 is 0. The van der Waals surface area contributed by atoms with Crippen molar-refractivity contribution < 1.29 is 18.3 Å². The maximum absolute atomic E-state index is 13.6. The number of ether oxygens (including phenoxy) is 1. The van der Waals surface area contributed by atoms with Gasteiger partial charge in [0.15, 0.2) is 11.6 Å². The summed E-state index contributed by atoms with van der Waals surface area (Å²) in [6.45, 7) is 10.2. The van der Waals surface area contributed by atoms with Crippen LogP contribution >= 0.6 is 0 Å². The van der Waals surface area contributed by atoms with Crippen LogP contribution in [-0.4, -0.2) is 24.8 Å². The van der Waals surface area contributed by atoms with Crippen LogP contribution in [0.15, 0.2) is 18.2 Å². The van der Waals surface area contributed by atoms with Crippen molar-refractivity contribution in [3.8, 4) is 0 Å². The van der Waals surface area contributed by atoms with Gasteiger partial charge in [0.2, 0.25) is 0 Å². The van der Waals surface area contributed by atoms with Gasteiger partial charge in [0.25, 0.3) is 0 Å². The lowest BCUT2D eigenvalue weighted by Gasteiger charge is -2.24. The number of halogens is 2. The fourth-order valence-electron chi connectivity index (χ4n) is 1.95. The molecule has 0 aliphatic rings. The number of alkyl carbamates (subject to hydrolysis) is 1. The Morgan fingerprint density at radius 2 is 1.87 bits per heavy atom. The monoisotopic (exact) mass is 328 g/mol. The first-order valence-corrected chi connectivity index (χ1v) is 7.75. The van der Waals surface area contributed by atoms with Gasteiger partial charge in [-0.2, -0.15) is 0 Å². The molecule has 1 aromatic carbocycles. The molecule has 0 spiro atoms. The number of benzene rings is 1. The smallest absolute Gasteiger partial charge is 0.407 e. The van der Waals surface area contributed by atoms with Crippen molar-refractivity contribution in [2.24, 2.45) is 11.8 Å². The van der Waals surface area contributed by atoms with E-state index in [9.17, 15) is 13.6 Å². The molecular weight excluding hydrogens is 302 g/mol. The number of amides is 1. The predicted molar refractivity (Wildman–Crippen MR) is 87.4 cm³/mol. The van der Waals surface area contributed by atoms with Crippen molar-refractivity contribution in [2.75, 3.05) is 18.4 Å². The number of carbonyl (C=O) groups is 1.